The molecule has 1 fully saturated rings. The summed E-state index contributed by atoms with van der Waals surface area (Å²) in [6.45, 7) is 0.520. The van der Waals surface area contributed by atoms with Crippen LogP contribution in [0.25, 0.3) is 0 Å². The molecule has 0 aliphatic heterocycles. The molecule has 1 aliphatic carbocycles. The standard InChI is InChI=1S/C19H25FN2O3/c20-15-7-9-16(10-8-15)22-19(25)12-11-18(24)21-13-3-5-14-4-1-2-6-17(14)23/h7-12,14,17,23H,1-6,13H2,(H,21,24)(H,22,25)/b12-11+. The van der Waals surface area contributed by atoms with Crippen LogP contribution < -0.4 is 10.6 Å². The van der Waals surface area contributed by atoms with Crippen molar-refractivity contribution in [3.63, 3.8) is 0 Å². The largest absolute Gasteiger partial charge is 0.393 e. The van der Waals surface area contributed by atoms with E-state index in [0.717, 1.165) is 38.2 Å². The van der Waals surface area contributed by atoms with E-state index in [-0.39, 0.29) is 17.8 Å². The molecule has 3 N–H and O–H groups in total. The molecule has 0 radical (unpaired) electrons. The number of halogens is 1. The zero-order valence-electron chi connectivity index (χ0n) is 14.2. The number of carbonyl (C=O) groups excluding carboxylic acids is 2. The molecular weight excluding hydrogens is 323 g/mol. The lowest BCUT2D eigenvalue weighted by atomic mass is 9.83. The van der Waals surface area contributed by atoms with E-state index >= 15 is 0 Å². The van der Waals surface area contributed by atoms with E-state index in [1.54, 1.807) is 0 Å². The Hall–Kier alpha value is -2.21. The maximum Gasteiger partial charge on any atom is 0.248 e. The molecule has 1 aromatic carbocycles. The van der Waals surface area contributed by atoms with Gasteiger partial charge in [-0.25, -0.2) is 4.39 Å². The van der Waals surface area contributed by atoms with Gasteiger partial charge in [-0.3, -0.25) is 9.59 Å². The predicted octanol–water partition coefficient (Wildman–Crippen LogP) is 2.77. The number of hydrogen-bond acceptors (Lipinski definition) is 3. The summed E-state index contributed by atoms with van der Waals surface area (Å²) in [4.78, 5) is 23.4. The molecule has 2 unspecified atom stereocenters. The van der Waals surface area contributed by atoms with E-state index in [2.05, 4.69) is 10.6 Å². The van der Waals surface area contributed by atoms with Crippen molar-refractivity contribution in [3.8, 4) is 0 Å². The first-order valence-electron chi connectivity index (χ1n) is 8.75. The van der Waals surface area contributed by atoms with Gasteiger partial charge in [-0.2, -0.15) is 0 Å². The third-order valence-electron chi connectivity index (χ3n) is 4.42. The highest BCUT2D eigenvalue weighted by Gasteiger charge is 2.22. The molecule has 2 amide bonds. The zero-order valence-corrected chi connectivity index (χ0v) is 14.2. The summed E-state index contributed by atoms with van der Waals surface area (Å²) >= 11 is 0. The first kappa shape index (κ1) is 19.1. The fraction of sp³-hybridized carbons (Fsp3) is 0.474. The lowest BCUT2D eigenvalue weighted by Gasteiger charge is -2.27. The number of anilines is 1. The lowest BCUT2D eigenvalue weighted by Crippen LogP contribution is -2.27. The van der Waals surface area contributed by atoms with Crippen LogP contribution in [-0.2, 0) is 9.59 Å². The second-order valence-electron chi connectivity index (χ2n) is 6.37. The number of hydrogen-bond donors (Lipinski definition) is 3. The van der Waals surface area contributed by atoms with Gasteiger partial charge in [-0.1, -0.05) is 12.8 Å². The van der Waals surface area contributed by atoms with Gasteiger partial charge in [-0.15, -0.1) is 0 Å². The first-order chi connectivity index (χ1) is 12.0. The predicted molar refractivity (Wildman–Crippen MR) is 94.4 cm³/mol. The van der Waals surface area contributed by atoms with Gasteiger partial charge in [-0.05, 0) is 55.9 Å². The van der Waals surface area contributed by atoms with Gasteiger partial charge in [0.05, 0.1) is 6.10 Å². The highest BCUT2D eigenvalue weighted by molar-refractivity contribution is 6.03. The van der Waals surface area contributed by atoms with Crippen LogP contribution in [0.5, 0.6) is 0 Å². The SMILES string of the molecule is O=C(/C=C/C(=O)Nc1ccc(F)cc1)NCCCC1CCCCC1O. The Kier molecular flexibility index (Phi) is 7.60. The van der Waals surface area contributed by atoms with Crippen molar-refractivity contribution < 1.29 is 19.1 Å². The minimum absolute atomic E-state index is 0.209. The van der Waals surface area contributed by atoms with Crippen molar-refractivity contribution in [3.05, 3.63) is 42.2 Å². The van der Waals surface area contributed by atoms with Crippen LogP contribution >= 0.6 is 0 Å². The van der Waals surface area contributed by atoms with Crippen molar-refractivity contribution in [2.45, 2.75) is 44.6 Å². The maximum absolute atomic E-state index is 12.8. The van der Waals surface area contributed by atoms with Crippen molar-refractivity contribution in [2.24, 2.45) is 5.92 Å². The number of carbonyl (C=O) groups is 2. The molecule has 0 spiro atoms. The van der Waals surface area contributed by atoms with Gasteiger partial charge in [0.1, 0.15) is 5.82 Å². The molecular formula is C19H25FN2O3. The summed E-state index contributed by atoms with van der Waals surface area (Å²) in [5.41, 5.74) is 0.461. The van der Waals surface area contributed by atoms with Crippen LogP contribution in [0.15, 0.2) is 36.4 Å². The normalized spacial score (nSPS) is 20.4. The van der Waals surface area contributed by atoms with E-state index in [0.29, 0.717) is 18.2 Å². The van der Waals surface area contributed by atoms with E-state index in [1.807, 2.05) is 0 Å². The van der Waals surface area contributed by atoms with Gasteiger partial charge < -0.3 is 15.7 Å². The number of nitrogens with one attached hydrogen (secondary N) is 2. The van der Waals surface area contributed by atoms with Gasteiger partial charge >= 0.3 is 0 Å². The summed E-state index contributed by atoms with van der Waals surface area (Å²) in [5, 5.41) is 15.2. The van der Waals surface area contributed by atoms with E-state index in [4.69, 9.17) is 0 Å². The summed E-state index contributed by atoms with van der Waals surface area (Å²) < 4.78 is 12.8. The highest BCUT2D eigenvalue weighted by Crippen LogP contribution is 2.27. The molecule has 1 saturated carbocycles. The molecule has 1 aliphatic rings. The van der Waals surface area contributed by atoms with Crippen LogP contribution in [-0.4, -0.2) is 29.6 Å². The quantitative estimate of drug-likeness (QED) is 0.524. The Morgan fingerprint density at radius 1 is 1.12 bits per heavy atom. The summed E-state index contributed by atoms with van der Waals surface area (Å²) in [6, 6.07) is 5.38. The minimum atomic E-state index is -0.452. The van der Waals surface area contributed by atoms with Crippen molar-refractivity contribution in [1.82, 2.24) is 5.32 Å². The van der Waals surface area contributed by atoms with Gasteiger partial charge in [0.2, 0.25) is 11.8 Å². The second kappa shape index (κ2) is 9.93. The molecule has 136 valence electrons. The molecule has 0 saturated heterocycles. The molecule has 6 heteroatoms. The topological polar surface area (TPSA) is 78.4 Å². The van der Waals surface area contributed by atoms with E-state index in [1.165, 1.54) is 36.8 Å². The molecule has 2 rings (SSSR count). The number of rotatable bonds is 7. The van der Waals surface area contributed by atoms with Crippen LogP contribution in [0.4, 0.5) is 10.1 Å². The second-order valence-corrected chi connectivity index (χ2v) is 6.37. The minimum Gasteiger partial charge on any atom is -0.393 e. The summed E-state index contributed by atoms with van der Waals surface area (Å²) in [5.74, 6) is -0.832. The fourth-order valence-electron chi connectivity index (χ4n) is 3.03. The molecule has 25 heavy (non-hydrogen) atoms. The Balaban J connectivity index is 1.62. The van der Waals surface area contributed by atoms with Crippen LogP contribution in [0.3, 0.4) is 0 Å². The number of amides is 2. The summed E-state index contributed by atoms with van der Waals surface area (Å²) in [7, 11) is 0. The average Bonchev–Trinajstić information content (AvgIpc) is 2.60. The van der Waals surface area contributed by atoms with Crippen LogP contribution in [0.2, 0.25) is 0 Å². The molecule has 2 atom stereocenters. The Morgan fingerprint density at radius 3 is 2.52 bits per heavy atom. The number of aliphatic hydroxyl groups excluding tert-OH is 1. The van der Waals surface area contributed by atoms with Crippen molar-refractivity contribution in [1.29, 1.82) is 0 Å². The van der Waals surface area contributed by atoms with E-state index in [9.17, 15) is 19.1 Å². The molecule has 0 bridgehead atoms. The number of benzene rings is 1. The van der Waals surface area contributed by atoms with Crippen molar-refractivity contribution in [2.75, 3.05) is 11.9 Å². The van der Waals surface area contributed by atoms with Gasteiger partial charge in [0, 0.05) is 24.4 Å². The number of aliphatic hydroxyl groups is 1. The highest BCUT2D eigenvalue weighted by atomic mass is 19.1. The molecule has 0 aromatic heterocycles. The third kappa shape index (κ3) is 7.05. The Bertz CT molecular complexity index is 601. The molecule has 1 aromatic rings. The third-order valence-corrected chi connectivity index (χ3v) is 4.42. The fourth-order valence-corrected chi connectivity index (χ4v) is 3.03. The van der Waals surface area contributed by atoms with Gasteiger partial charge in [0.15, 0.2) is 0 Å². The molecule has 0 heterocycles. The first-order valence-corrected chi connectivity index (χ1v) is 8.75. The Morgan fingerprint density at radius 2 is 1.80 bits per heavy atom. The smallest absolute Gasteiger partial charge is 0.248 e. The van der Waals surface area contributed by atoms with Crippen LogP contribution in [0.1, 0.15) is 38.5 Å². The Labute approximate surface area is 147 Å². The van der Waals surface area contributed by atoms with E-state index < -0.39 is 5.91 Å². The average molecular weight is 348 g/mol. The maximum atomic E-state index is 12.8. The van der Waals surface area contributed by atoms with Crippen LogP contribution in [0, 0.1) is 11.7 Å². The zero-order chi connectivity index (χ0) is 18.1. The van der Waals surface area contributed by atoms with Crippen molar-refractivity contribution >= 4 is 17.5 Å². The monoisotopic (exact) mass is 348 g/mol. The summed E-state index contributed by atoms with van der Waals surface area (Å²) in [6.07, 6.45) is 8.01. The molecule has 5 nitrogen and oxygen atoms in total. The van der Waals surface area contributed by atoms with Gasteiger partial charge in [0.25, 0.3) is 0 Å². The lowest BCUT2D eigenvalue weighted by molar-refractivity contribution is -0.117.